The minimum absolute atomic E-state index is 0.219. The highest BCUT2D eigenvalue weighted by atomic mass is 79.9. The van der Waals surface area contributed by atoms with Crippen molar-refractivity contribution in [2.75, 3.05) is 11.9 Å². The predicted octanol–water partition coefficient (Wildman–Crippen LogP) is 3.63. The lowest BCUT2D eigenvalue weighted by Crippen LogP contribution is -2.25. The van der Waals surface area contributed by atoms with Gasteiger partial charge in [-0.2, -0.15) is 0 Å². The number of benzene rings is 1. The van der Waals surface area contributed by atoms with Gasteiger partial charge in [0.05, 0.1) is 11.1 Å². The van der Waals surface area contributed by atoms with Gasteiger partial charge < -0.3 is 10.6 Å². The van der Waals surface area contributed by atoms with Crippen molar-refractivity contribution in [2.24, 2.45) is 0 Å². The number of unbranched alkanes of at least 4 members (excludes halogenated alkanes) is 1. The average Bonchev–Trinajstić information content (AvgIpc) is 2.55. The Morgan fingerprint density at radius 3 is 2.57 bits per heavy atom. The van der Waals surface area contributed by atoms with Crippen LogP contribution in [-0.4, -0.2) is 23.3 Å². The average molecular weight is 376 g/mol. The number of rotatable bonds is 6. The molecule has 0 saturated heterocycles. The van der Waals surface area contributed by atoms with Crippen LogP contribution in [0.5, 0.6) is 0 Å². The molecule has 0 saturated carbocycles. The van der Waals surface area contributed by atoms with Crippen LogP contribution in [0.15, 0.2) is 47.2 Å². The number of hydrogen-bond donors (Lipinski definition) is 2. The Morgan fingerprint density at radius 2 is 1.87 bits per heavy atom. The lowest BCUT2D eigenvalue weighted by molar-refractivity contribution is 0.0953. The van der Waals surface area contributed by atoms with Crippen molar-refractivity contribution in [3.8, 4) is 0 Å². The molecule has 23 heavy (non-hydrogen) atoms. The summed E-state index contributed by atoms with van der Waals surface area (Å²) >= 11 is 3.35. The van der Waals surface area contributed by atoms with E-state index in [0.717, 1.165) is 17.3 Å². The number of carbonyl (C=O) groups excluding carboxylic acids is 2. The Labute approximate surface area is 143 Å². The first kappa shape index (κ1) is 17.1. The number of hydrogen-bond acceptors (Lipinski definition) is 3. The summed E-state index contributed by atoms with van der Waals surface area (Å²) in [6, 6.07) is 8.83. The maximum atomic E-state index is 12.3. The molecule has 0 aliphatic heterocycles. The summed E-state index contributed by atoms with van der Waals surface area (Å²) < 4.78 is 0.873. The maximum absolute atomic E-state index is 12.3. The van der Waals surface area contributed by atoms with Crippen molar-refractivity contribution in [1.29, 1.82) is 0 Å². The molecule has 2 amide bonds. The van der Waals surface area contributed by atoms with E-state index in [-0.39, 0.29) is 11.8 Å². The van der Waals surface area contributed by atoms with Crippen LogP contribution < -0.4 is 10.6 Å². The molecule has 0 aliphatic carbocycles. The van der Waals surface area contributed by atoms with Crippen LogP contribution in [0.2, 0.25) is 0 Å². The fourth-order valence-electron chi connectivity index (χ4n) is 1.94. The van der Waals surface area contributed by atoms with Crippen LogP contribution in [0.1, 0.15) is 40.5 Å². The van der Waals surface area contributed by atoms with Crippen molar-refractivity contribution in [1.82, 2.24) is 10.3 Å². The molecule has 0 fully saturated rings. The zero-order chi connectivity index (χ0) is 16.7. The molecule has 0 atom stereocenters. The van der Waals surface area contributed by atoms with Gasteiger partial charge in [0.15, 0.2) is 0 Å². The predicted molar refractivity (Wildman–Crippen MR) is 93.6 cm³/mol. The van der Waals surface area contributed by atoms with Crippen molar-refractivity contribution >= 4 is 33.4 Å². The summed E-state index contributed by atoms with van der Waals surface area (Å²) in [5, 5.41) is 5.58. The van der Waals surface area contributed by atoms with E-state index in [2.05, 4.69) is 38.5 Å². The normalized spacial score (nSPS) is 10.2. The number of carbonyl (C=O) groups is 2. The Hall–Kier alpha value is -2.21. The molecule has 5 nitrogen and oxygen atoms in total. The SMILES string of the molecule is CCCCNC(=O)c1cncc(C(=O)Nc2cccc(Br)c2)c1. The van der Waals surface area contributed by atoms with Gasteiger partial charge in [0, 0.05) is 29.1 Å². The maximum Gasteiger partial charge on any atom is 0.257 e. The molecule has 0 bridgehead atoms. The molecule has 2 aromatic rings. The third kappa shape index (κ3) is 5.17. The number of nitrogens with zero attached hydrogens (tertiary/aromatic N) is 1. The van der Waals surface area contributed by atoms with E-state index in [9.17, 15) is 9.59 Å². The van der Waals surface area contributed by atoms with Gasteiger partial charge in [-0.25, -0.2) is 0 Å². The molecule has 0 spiro atoms. The standard InChI is InChI=1S/C17H18BrN3O2/c1-2-3-7-20-16(22)12-8-13(11-19-10-12)17(23)21-15-6-4-5-14(18)9-15/h4-6,8-11H,2-3,7H2,1H3,(H,20,22)(H,21,23). The number of pyridine rings is 1. The van der Waals surface area contributed by atoms with E-state index in [1.807, 2.05) is 12.1 Å². The highest BCUT2D eigenvalue weighted by Gasteiger charge is 2.11. The van der Waals surface area contributed by atoms with Gasteiger partial charge in [-0.15, -0.1) is 0 Å². The quantitative estimate of drug-likeness (QED) is 0.757. The number of halogens is 1. The Kier molecular flexibility index (Phi) is 6.29. The van der Waals surface area contributed by atoms with Gasteiger partial charge in [0.1, 0.15) is 0 Å². The molecule has 2 rings (SSSR count). The van der Waals surface area contributed by atoms with Crippen LogP contribution in [0, 0.1) is 0 Å². The first-order valence-corrected chi connectivity index (χ1v) is 8.19. The van der Waals surface area contributed by atoms with Crippen LogP contribution in [0.25, 0.3) is 0 Å². The van der Waals surface area contributed by atoms with E-state index >= 15 is 0 Å². The minimum Gasteiger partial charge on any atom is -0.352 e. The van der Waals surface area contributed by atoms with Gasteiger partial charge in [0.25, 0.3) is 11.8 Å². The summed E-state index contributed by atoms with van der Waals surface area (Å²) in [6.07, 6.45) is 4.82. The molecule has 0 radical (unpaired) electrons. The van der Waals surface area contributed by atoms with E-state index in [1.165, 1.54) is 12.4 Å². The molecule has 6 heteroatoms. The molecule has 1 heterocycles. The van der Waals surface area contributed by atoms with Gasteiger partial charge in [-0.05, 0) is 30.7 Å². The molecule has 1 aromatic heterocycles. The summed E-state index contributed by atoms with van der Waals surface area (Å²) in [6.45, 7) is 2.67. The van der Waals surface area contributed by atoms with Crippen LogP contribution in [0.4, 0.5) is 5.69 Å². The van der Waals surface area contributed by atoms with Crippen LogP contribution in [0.3, 0.4) is 0 Å². The Bertz CT molecular complexity index is 704. The van der Waals surface area contributed by atoms with Crippen LogP contribution in [-0.2, 0) is 0 Å². The van der Waals surface area contributed by atoms with Crippen molar-refractivity contribution in [2.45, 2.75) is 19.8 Å². The molecule has 2 N–H and O–H groups in total. The Morgan fingerprint density at radius 1 is 1.13 bits per heavy atom. The van der Waals surface area contributed by atoms with E-state index in [1.54, 1.807) is 18.2 Å². The molecule has 0 unspecified atom stereocenters. The van der Waals surface area contributed by atoms with Gasteiger partial charge in [0.2, 0.25) is 0 Å². The smallest absolute Gasteiger partial charge is 0.257 e. The summed E-state index contributed by atoms with van der Waals surface area (Å²) in [5.74, 6) is -0.526. The molecule has 120 valence electrons. The fraction of sp³-hybridized carbons (Fsp3) is 0.235. The number of anilines is 1. The fourth-order valence-corrected chi connectivity index (χ4v) is 2.34. The first-order valence-electron chi connectivity index (χ1n) is 7.40. The van der Waals surface area contributed by atoms with Crippen molar-refractivity contribution < 1.29 is 9.59 Å². The third-order valence-corrected chi connectivity index (χ3v) is 3.65. The third-order valence-electron chi connectivity index (χ3n) is 3.16. The van der Waals surface area contributed by atoms with E-state index in [4.69, 9.17) is 0 Å². The topological polar surface area (TPSA) is 71.1 Å². The molecular formula is C17H18BrN3O2. The molecular weight excluding hydrogens is 358 g/mol. The number of aromatic nitrogens is 1. The van der Waals surface area contributed by atoms with E-state index < -0.39 is 0 Å². The minimum atomic E-state index is -0.307. The second kappa shape index (κ2) is 8.43. The summed E-state index contributed by atoms with van der Waals surface area (Å²) in [7, 11) is 0. The van der Waals surface area contributed by atoms with Crippen molar-refractivity contribution in [3.63, 3.8) is 0 Å². The monoisotopic (exact) mass is 375 g/mol. The first-order chi connectivity index (χ1) is 11.1. The van der Waals surface area contributed by atoms with Crippen molar-refractivity contribution in [3.05, 3.63) is 58.3 Å². The number of nitrogens with one attached hydrogen (secondary N) is 2. The lowest BCUT2D eigenvalue weighted by Gasteiger charge is -2.07. The second-order valence-corrected chi connectivity index (χ2v) is 5.95. The second-order valence-electron chi connectivity index (χ2n) is 5.04. The van der Waals surface area contributed by atoms with Gasteiger partial charge in [-0.1, -0.05) is 35.3 Å². The summed E-state index contributed by atoms with van der Waals surface area (Å²) in [5.41, 5.74) is 1.39. The van der Waals surface area contributed by atoms with Gasteiger partial charge >= 0.3 is 0 Å². The summed E-state index contributed by atoms with van der Waals surface area (Å²) in [4.78, 5) is 28.3. The largest absolute Gasteiger partial charge is 0.352 e. The zero-order valence-electron chi connectivity index (χ0n) is 12.8. The highest BCUT2D eigenvalue weighted by molar-refractivity contribution is 9.10. The molecule has 1 aromatic carbocycles. The lowest BCUT2D eigenvalue weighted by atomic mass is 10.1. The van der Waals surface area contributed by atoms with Crippen LogP contribution >= 0.6 is 15.9 Å². The number of amides is 2. The zero-order valence-corrected chi connectivity index (χ0v) is 14.4. The molecule has 0 aliphatic rings. The highest BCUT2D eigenvalue weighted by Crippen LogP contribution is 2.16. The Balaban J connectivity index is 2.06. The van der Waals surface area contributed by atoms with E-state index in [0.29, 0.717) is 23.4 Å². The van der Waals surface area contributed by atoms with Gasteiger partial charge in [-0.3, -0.25) is 14.6 Å².